The minimum atomic E-state index is -0.596. The number of aromatic nitrogens is 3. The number of carbonyl (C=O) groups excluding carboxylic acids is 3. The molecule has 0 fully saturated rings. The van der Waals surface area contributed by atoms with E-state index in [0.717, 1.165) is 9.24 Å². The van der Waals surface area contributed by atoms with Gasteiger partial charge in [-0.3, -0.25) is 9.59 Å². The van der Waals surface area contributed by atoms with Crippen LogP contribution in [0.4, 0.5) is 5.69 Å². The topological polar surface area (TPSA) is 114 Å². The van der Waals surface area contributed by atoms with Crippen molar-refractivity contribution in [2.45, 2.75) is 29.5 Å². The van der Waals surface area contributed by atoms with Gasteiger partial charge in [-0.05, 0) is 24.6 Å². The Morgan fingerprint density at radius 1 is 1.28 bits per heavy atom. The number of ketones is 1. The van der Waals surface area contributed by atoms with E-state index in [9.17, 15) is 14.4 Å². The van der Waals surface area contributed by atoms with Crippen molar-refractivity contribution >= 4 is 46.4 Å². The van der Waals surface area contributed by atoms with Gasteiger partial charge in [-0.25, -0.2) is 4.79 Å². The van der Waals surface area contributed by atoms with Crippen molar-refractivity contribution in [3.8, 4) is 0 Å². The molecule has 2 aromatic heterocycles. The van der Waals surface area contributed by atoms with E-state index in [1.807, 2.05) is 18.2 Å². The smallest absolute Gasteiger partial charge is 0.339 e. The van der Waals surface area contributed by atoms with Gasteiger partial charge in [0.05, 0.1) is 30.5 Å². The van der Waals surface area contributed by atoms with Crippen molar-refractivity contribution in [1.82, 2.24) is 15.2 Å². The summed E-state index contributed by atoms with van der Waals surface area (Å²) in [4.78, 5) is 40.4. The zero-order valence-corrected chi connectivity index (χ0v) is 17.6. The molecule has 0 radical (unpaired) electrons. The lowest BCUT2D eigenvalue weighted by molar-refractivity contribution is -0.115. The number of ether oxygens (including phenoxy) is 1. The zero-order valence-electron chi connectivity index (χ0n) is 15.9. The summed E-state index contributed by atoms with van der Waals surface area (Å²) in [5.74, 6) is -1.16. The van der Waals surface area contributed by atoms with Crippen LogP contribution in [0.2, 0.25) is 0 Å². The molecular formula is C19H18N4O4S2. The number of hydrogen-bond donors (Lipinski definition) is 2. The van der Waals surface area contributed by atoms with Gasteiger partial charge in [-0.15, -0.1) is 10.2 Å². The SMILES string of the molecule is COC(=O)c1c(CC(=O)Nc2ccccc2Sc2nncs2)[nH]c(C(C)=O)c1C. The first kappa shape index (κ1) is 20.7. The van der Waals surface area contributed by atoms with Crippen LogP contribution in [-0.4, -0.2) is 40.0 Å². The van der Waals surface area contributed by atoms with E-state index in [-0.39, 0.29) is 23.7 Å². The molecule has 10 heteroatoms. The second kappa shape index (κ2) is 9.01. The molecule has 2 heterocycles. The zero-order chi connectivity index (χ0) is 21.0. The lowest BCUT2D eigenvalue weighted by Gasteiger charge is -2.10. The number of nitrogens with one attached hydrogen (secondary N) is 2. The maximum Gasteiger partial charge on any atom is 0.339 e. The van der Waals surface area contributed by atoms with Gasteiger partial charge in [0.15, 0.2) is 10.1 Å². The number of esters is 1. The average Bonchev–Trinajstić information content (AvgIpc) is 3.30. The fourth-order valence-electron chi connectivity index (χ4n) is 2.84. The first-order valence-corrected chi connectivity index (χ1v) is 10.2. The Hall–Kier alpha value is -2.98. The summed E-state index contributed by atoms with van der Waals surface area (Å²) in [5, 5.41) is 10.7. The molecule has 1 amide bonds. The molecule has 0 saturated carbocycles. The van der Waals surface area contributed by atoms with Crippen LogP contribution >= 0.6 is 23.1 Å². The maximum atomic E-state index is 12.7. The largest absolute Gasteiger partial charge is 0.465 e. The molecule has 8 nitrogen and oxygen atoms in total. The third-order valence-corrected chi connectivity index (χ3v) is 5.96. The number of Topliss-reactive ketones (excluding diaryl/α,β-unsaturated/α-hetero) is 1. The van der Waals surface area contributed by atoms with Gasteiger partial charge in [-0.1, -0.05) is 35.2 Å². The molecule has 0 aliphatic rings. The maximum absolute atomic E-state index is 12.7. The van der Waals surface area contributed by atoms with Crippen molar-refractivity contribution in [3.05, 3.63) is 52.3 Å². The van der Waals surface area contributed by atoms with Gasteiger partial charge in [0.25, 0.3) is 0 Å². The molecule has 0 saturated heterocycles. The number of amides is 1. The summed E-state index contributed by atoms with van der Waals surface area (Å²) in [6.45, 7) is 3.04. The molecule has 2 N–H and O–H groups in total. The number of nitrogens with zero attached hydrogens (tertiary/aromatic N) is 2. The highest BCUT2D eigenvalue weighted by Crippen LogP contribution is 2.34. The van der Waals surface area contributed by atoms with Crippen LogP contribution in [-0.2, 0) is 16.0 Å². The second-order valence-corrected chi connectivity index (χ2v) is 8.18. The summed E-state index contributed by atoms with van der Waals surface area (Å²) in [7, 11) is 1.26. The van der Waals surface area contributed by atoms with E-state index in [1.54, 1.807) is 18.5 Å². The Kier molecular flexibility index (Phi) is 6.45. The van der Waals surface area contributed by atoms with E-state index in [4.69, 9.17) is 4.74 Å². The third kappa shape index (κ3) is 4.72. The van der Waals surface area contributed by atoms with Crippen LogP contribution in [0.15, 0.2) is 39.0 Å². The van der Waals surface area contributed by atoms with Crippen molar-refractivity contribution < 1.29 is 19.1 Å². The average molecular weight is 431 g/mol. The van der Waals surface area contributed by atoms with Crippen LogP contribution < -0.4 is 5.32 Å². The third-order valence-electron chi connectivity index (χ3n) is 4.11. The Labute approximate surface area is 175 Å². The monoisotopic (exact) mass is 430 g/mol. The highest BCUT2D eigenvalue weighted by Gasteiger charge is 2.24. The van der Waals surface area contributed by atoms with E-state index < -0.39 is 5.97 Å². The van der Waals surface area contributed by atoms with E-state index in [2.05, 4.69) is 20.5 Å². The van der Waals surface area contributed by atoms with Gasteiger partial charge >= 0.3 is 5.97 Å². The molecular weight excluding hydrogens is 412 g/mol. The van der Waals surface area contributed by atoms with Crippen LogP contribution in [0.3, 0.4) is 0 Å². The highest BCUT2D eigenvalue weighted by atomic mass is 32.2. The van der Waals surface area contributed by atoms with Crippen molar-refractivity contribution in [1.29, 1.82) is 0 Å². The number of methoxy groups -OCH3 is 1. The first-order chi connectivity index (χ1) is 13.9. The van der Waals surface area contributed by atoms with Gasteiger partial charge in [0.2, 0.25) is 5.91 Å². The molecule has 0 unspecified atom stereocenters. The van der Waals surface area contributed by atoms with Gasteiger partial charge in [0, 0.05) is 17.5 Å². The Bertz CT molecular complexity index is 1060. The molecule has 3 aromatic rings. The summed E-state index contributed by atoms with van der Waals surface area (Å²) in [5.41, 5.74) is 3.57. The molecule has 0 bridgehead atoms. The minimum Gasteiger partial charge on any atom is -0.465 e. The van der Waals surface area contributed by atoms with Crippen molar-refractivity contribution in [3.63, 3.8) is 0 Å². The molecule has 0 aliphatic heterocycles. The number of hydrogen-bond acceptors (Lipinski definition) is 8. The van der Waals surface area contributed by atoms with Gasteiger partial charge in [-0.2, -0.15) is 0 Å². The van der Waals surface area contributed by atoms with Crippen molar-refractivity contribution in [2.75, 3.05) is 12.4 Å². The standard InChI is InChI=1S/C19H18N4O4S2/c1-10-16(18(26)27-3)13(22-17(10)11(2)24)8-15(25)21-12-6-4-5-7-14(12)29-19-23-20-9-28-19/h4-7,9,22H,8H2,1-3H3,(H,21,25). The Morgan fingerprint density at radius 2 is 2.03 bits per heavy atom. The molecule has 0 atom stereocenters. The van der Waals surface area contributed by atoms with E-state index in [0.29, 0.717) is 22.6 Å². The minimum absolute atomic E-state index is 0.115. The molecule has 0 spiro atoms. The number of rotatable bonds is 7. The second-order valence-electron chi connectivity index (χ2n) is 6.05. The highest BCUT2D eigenvalue weighted by molar-refractivity contribution is 8.01. The summed E-state index contributed by atoms with van der Waals surface area (Å²) >= 11 is 2.80. The van der Waals surface area contributed by atoms with Crippen LogP contribution in [0.1, 0.15) is 39.0 Å². The van der Waals surface area contributed by atoms with Gasteiger partial charge < -0.3 is 15.0 Å². The Balaban J connectivity index is 1.82. The fourth-order valence-corrected chi connectivity index (χ4v) is 4.36. The van der Waals surface area contributed by atoms with E-state index in [1.165, 1.54) is 37.1 Å². The fraction of sp³-hybridized carbons (Fsp3) is 0.211. The lowest BCUT2D eigenvalue weighted by Crippen LogP contribution is -2.17. The summed E-state index contributed by atoms with van der Waals surface area (Å²) < 4.78 is 5.57. The van der Waals surface area contributed by atoms with Crippen LogP contribution in [0, 0.1) is 6.92 Å². The molecule has 3 rings (SSSR count). The quantitative estimate of drug-likeness (QED) is 0.435. The Morgan fingerprint density at radius 3 is 2.69 bits per heavy atom. The van der Waals surface area contributed by atoms with E-state index >= 15 is 0 Å². The summed E-state index contributed by atoms with van der Waals surface area (Å²) in [6, 6.07) is 7.33. The van der Waals surface area contributed by atoms with Gasteiger partial charge in [0.1, 0.15) is 5.51 Å². The number of carbonyl (C=O) groups is 3. The number of H-pyrrole nitrogens is 1. The molecule has 29 heavy (non-hydrogen) atoms. The van der Waals surface area contributed by atoms with Crippen LogP contribution in [0.5, 0.6) is 0 Å². The molecule has 1 aromatic carbocycles. The number of para-hydroxylation sites is 1. The van der Waals surface area contributed by atoms with Crippen molar-refractivity contribution in [2.24, 2.45) is 0 Å². The normalized spacial score (nSPS) is 10.6. The van der Waals surface area contributed by atoms with Crippen LogP contribution in [0.25, 0.3) is 0 Å². The molecule has 150 valence electrons. The number of benzene rings is 1. The predicted molar refractivity (Wildman–Crippen MR) is 110 cm³/mol. The number of anilines is 1. The first-order valence-electron chi connectivity index (χ1n) is 8.54. The predicted octanol–water partition coefficient (Wildman–Crippen LogP) is 3.50. The molecule has 0 aliphatic carbocycles. The number of aromatic amines is 1. The lowest BCUT2D eigenvalue weighted by atomic mass is 10.1. The summed E-state index contributed by atoms with van der Waals surface area (Å²) in [6.07, 6.45) is -0.115.